The van der Waals surface area contributed by atoms with Crippen LogP contribution in [0.5, 0.6) is 0 Å². The topological polar surface area (TPSA) is 26.0 Å². The van der Waals surface area contributed by atoms with Crippen molar-refractivity contribution in [3.63, 3.8) is 0 Å². The summed E-state index contributed by atoms with van der Waals surface area (Å²) in [7, 11) is 0. The van der Waals surface area contributed by atoms with Gasteiger partial charge in [0.05, 0.1) is 15.1 Å². The fourth-order valence-corrected chi connectivity index (χ4v) is 1.61. The van der Waals surface area contributed by atoms with Crippen molar-refractivity contribution in [1.29, 1.82) is 0 Å². The van der Waals surface area contributed by atoms with Crippen molar-refractivity contribution in [3.05, 3.63) is 32.8 Å². The zero-order valence-corrected chi connectivity index (χ0v) is 8.71. The number of nitrogens with two attached hydrogens (primary N) is 1. The molecule has 1 atom stereocenters. The van der Waals surface area contributed by atoms with E-state index < -0.39 is 0 Å². The molecule has 0 aliphatic rings. The lowest BCUT2D eigenvalue weighted by Crippen LogP contribution is -2.05. The van der Waals surface area contributed by atoms with E-state index >= 15 is 0 Å². The van der Waals surface area contributed by atoms with Crippen LogP contribution < -0.4 is 5.73 Å². The molecule has 1 rings (SSSR count). The first-order valence-electron chi connectivity index (χ1n) is 3.43. The number of hydrogen-bond donors (Lipinski definition) is 1. The van der Waals surface area contributed by atoms with Crippen LogP contribution in [0.1, 0.15) is 18.5 Å². The largest absolute Gasteiger partial charge is 0.324 e. The molecule has 0 fully saturated rings. The maximum absolute atomic E-state index is 5.90. The second-order valence-electron chi connectivity index (χ2n) is 2.55. The van der Waals surface area contributed by atoms with Crippen LogP contribution in [0.3, 0.4) is 0 Å². The molecule has 0 aliphatic carbocycles. The zero-order valence-electron chi connectivity index (χ0n) is 6.44. The third-order valence-corrected chi connectivity index (χ3v) is 2.86. The molecule has 0 heterocycles. The van der Waals surface area contributed by atoms with Gasteiger partial charge >= 0.3 is 0 Å². The lowest BCUT2D eigenvalue weighted by atomic mass is 10.1. The van der Waals surface area contributed by atoms with Gasteiger partial charge in [-0.15, -0.1) is 0 Å². The Kier molecular flexibility index (Phi) is 3.24. The molecule has 12 heavy (non-hydrogen) atoms. The van der Waals surface area contributed by atoms with Crippen molar-refractivity contribution in [3.8, 4) is 0 Å². The summed E-state index contributed by atoms with van der Waals surface area (Å²) < 4.78 is 0. The average Bonchev–Trinajstić information content (AvgIpc) is 2.00. The van der Waals surface area contributed by atoms with Crippen molar-refractivity contribution in [2.75, 3.05) is 0 Å². The first-order valence-corrected chi connectivity index (χ1v) is 4.56. The number of benzene rings is 1. The molecule has 0 radical (unpaired) electrons. The summed E-state index contributed by atoms with van der Waals surface area (Å²) in [6.45, 7) is 1.84. The van der Waals surface area contributed by atoms with Crippen LogP contribution in [0.15, 0.2) is 12.1 Å². The van der Waals surface area contributed by atoms with Crippen molar-refractivity contribution >= 4 is 34.8 Å². The van der Waals surface area contributed by atoms with Gasteiger partial charge in [0.1, 0.15) is 0 Å². The summed E-state index contributed by atoms with van der Waals surface area (Å²) in [5, 5.41) is 1.26. The van der Waals surface area contributed by atoms with Gasteiger partial charge in [-0.25, -0.2) is 0 Å². The summed E-state index contributed by atoms with van der Waals surface area (Å²) >= 11 is 17.4. The van der Waals surface area contributed by atoms with E-state index in [1.165, 1.54) is 0 Å². The highest BCUT2D eigenvalue weighted by atomic mass is 35.5. The normalized spacial score (nSPS) is 13.1. The fourth-order valence-electron chi connectivity index (χ4n) is 0.893. The highest BCUT2D eigenvalue weighted by Crippen LogP contribution is 2.34. The molecular weight excluding hydrogens is 216 g/mol. The minimum absolute atomic E-state index is 0.132. The summed E-state index contributed by atoms with van der Waals surface area (Å²) in [4.78, 5) is 0. The first-order chi connectivity index (χ1) is 5.54. The Morgan fingerprint density at radius 3 is 2.25 bits per heavy atom. The monoisotopic (exact) mass is 223 g/mol. The summed E-state index contributed by atoms with van der Waals surface area (Å²) in [5.74, 6) is 0. The van der Waals surface area contributed by atoms with Gasteiger partial charge in [-0.3, -0.25) is 0 Å². The van der Waals surface area contributed by atoms with Crippen molar-refractivity contribution in [1.82, 2.24) is 0 Å². The van der Waals surface area contributed by atoms with E-state index in [-0.39, 0.29) is 6.04 Å². The SMILES string of the molecule is CC(N)c1ccc(Cl)c(Cl)c1Cl. The van der Waals surface area contributed by atoms with E-state index in [2.05, 4.69) is 0 Å². The van der Waals surface area contributed by atoms with Crippen LogP contribution in [0.25, 0.3) is 0 Å². The van der Waals surface area contributed by atoms with Gasteiger partial charge in [0.2, 0.25) is 0 Å². The van der Waals surface area contributed by atoms with Crippen LogP contribution in [0, 0.1) is 0 Å². The Morgan fingerprint density at radius 2 is 1.75 bits per heavy atom. The highest BCUT2D eigenvalue weighted by Gasteiger charge is 2.10. The van der Waals surface area contributed by atoms with Gasteiger partial charge in [0.25, 0.3) is 0 Å². The third-order valence-electron chi connectivity index (χ3n) is 1.56. The fraction of sp³-hybridized carbons (Fsp3) is 0.250. The predicted molar refractivity (Wildman–Crippen MR) is 54.1 cm³/mol. The molecule has 1 aromatic rings. The van der Waals surface area contributed by atoms with Gasteiger partial charge < -0.3 is 5.73 Å². The number of hydrogen-bond acceptors (Lipinski definition) is 1. The maximum atomic E-state index is 5.90. The molecule has 0 amide bonds. The van der Waals surface area contributed by atoms with E-state index in [9.17, 15) is 0 Å². The Hall–Kier alpha value is 0.0500. The van der Waals surface area contributed by atoms with Gasteiger partial charge in [-0.05, 0) is 18.6 Å². The summed E-state index contributed by atoms with van der Waals surface area (Å²) in [5.41, 5.74) is 6.46. The van der Waals surface area contributed by atoms with Gasteiger partial charge in [-0.1, -0.05) is 40.9 Å². The van der Waals surface area contributed by atoms with E-state index in [1.54, 1.807) is 12.1 Å². The Labute approximate surface area is 86.4 Å². The Morgan fingerprint density at radius 1 is 1.17 bits per heavy atom. The molecule has 0 saturated heterocycles. The summed E-state index contributed by atoms with van der Waals surface area (Å²) in [6.07, 6.45) is 0. The van der Waals surface area contributed by atoms with Gasteiger partial charge in [0, 0.05) is 6.04 Å². The smallest absolute Gasteiger partial charge is 0.0781 e. The molecule has 0 saturated carbocycles. The molecule has 0 spiro atoms. The average molecular weight is 225 g/mol. The van der Waals surface area contributed by atoms with Crippen molar-refractivity contribution in [2.45, 2.75) is 13.0 Å². The molecular formula is C8H8Cl3N. The molecule has 4 heteroatoms. The first kappa shape index (κ1) is 10.1. The van der Waals surface area contributed by atoms with Gasteiger partial charge in [0.15, 0.2) is 0 Å². The highest BCUT2D eigenvalue weighted by molar-refractivity contribution is 6.48. The van der Waals surface area contributed by atoms with Crippen LogP contribution in [0.4, 0.5) is 0 Å². The Bertz CT molecular complexity index is 297. The molecule has 0 bridgehead atoms. The minimum Gasteiger partial charge on any atom is -0.324 e. The maximum Gasteiger partial charge on any atom is 0.0781 e. The van der Waals surface area contributed by atoms with E-state index in [0.29, 0.717) is 15.1 Å². The Balaban J connectivity index is 3.27. The van der Waals surface area contributed by atoms with Crippen molar-refractivity contribution < 1.29 is 0 Å². The van der Waals surface area contributed by atoms with Crippen LogP contribution >= 0.6 is 34.8 Å². The standard InChI is InChI=1S/C8H8Cl3N/c1-4(12)5-2-3-6(9)8(11)7(5)10/h2-4H,12H2,1H3. The summed E-state index contributed by atoms with van der Waals surface area (Å²) in [6, 6.07) is 3.34. The molecule has 0 aromatic heterocycles. The van der Waals surface area contributed by atoms with Crippen LogP contribution in [0.2, 0.25) is 15.1 Å². The third kappa shape index (κ3) is 1.86. The van der Waals surface area contributed by atoms with Crippen molar-refractivity contribution in [2.24, 2.45) is 5.73 Å². The van der Waals surface area contributed by atoms with E-state index in [4.69, 9.17) is 40.5 Å². The lowest BCUT2D eigenvalue weighted by Gasteiger charge is -2.09. The second-order valence-corrected chi connectivity index (χ2v) is 3.72. The van der Waals surface area contributed by atoms with E-state index in [0.717, 1.165) is 5.56 Å². The van der Waals surface area contributed by atoms with Crippen LogP contribution in [-0.4, -0.2) is 0 Å². The predicted octanol–water partition coefficient (Wildman–Crippen LogP) is 3.67. The number of rotatable bonds is 1. The van der Waals surface area contributed by atoms with E-state index in [1.807, 2.05) is 6.92 Å². The minimum atomic E-state index is -0.132. The molecule has 2 N–H and O–H groups in total. The quantitative estimate of drug-likeness (QED) is 0.724. The lowest BCUT2D eigenvalue weighted by molar-refractivity contribution is 0.818. The van der Waals surface area contributed by atoms with Crippen LogP contribution in [-0.2, 0) is 0 Å². The number of halogens is 3. The molecule has 1 nitrogen and oxygen atoms in total. The molecule has 1 unspecified atom stereocenters. The molecule has 66 valence electrons. The molecule has 0 aliphatic heterocycles. The second kappa shape index (κ2) is 3.84. The molecule has 1 aromatic carbocycles. The van der Waals surface area contributed by atoms with Gasteiger partial charge in [-0.2, -0.15) is 0 Å². The zero-order chi connectivity index (χ0) is 9.30.